The third-order valence-electron chi connectivity index (χ3n) is 7.31. The predicted molar refractivity (Wildman–Crippen MR) is 146 cm³/mol. The second-order valence-electron chi connectivity index (χ2n) is 10.2. The molecule has 0 aliphatic carbocycles. The van der Waals surface area contributed by atoms with Crippen LogP contribution < -0.4 is 19.5 Å². The van der Waals surface area contributed by atoms with Crippen LogP contribution in [-0.4, -0.2) is 29.4 Å². The Morgan fingerprint density at radius 1 is 1.03 bits per heavy atom. The molecule has 0 spiro atoms. The smallest absolute Gasteiger partial charge is 0.304 e. The number of hydrogen-bond donors (Lipinski definition) is 2. The van der Waals surface area contributed by atoms with Gasteiger partial charge >= 0.3 is 5.97 Å². The maximum Gasteiger partial charge on any atom is 0.304 e. The van der Waals surface area contributed by atoms with E-state index in [4.69, 9.17) is 23.8 Å². The first kappa shape index (κ1) is 24.9. The van der Waals surface area contributed by atoms with Crippen LogP contribution in [0.1, 0.15) is 52.1 Å². The highest BCUT2D eigenvalue weighted by molar-refractivity contribution is 5.79. The third-order valence-corrected chi connectivity index (χ3v) is 7.31. The Balaban J connectivity index is 1.21. The highest BCUT2D eigenvalue weighted by atomic mass is 16.5. The molecule has 8 nitrogen and oxygen atoms in total. The zero-order valence-corrected chi connectivity index (χ0v) is 22.1. The van der Waals surface area contributed by atoms with Gasteiger partial charge in [0.25, 0.3) is 0 Å². The number of nitrogens with one attached hydrogen (secondary N) is 1. The van der Waals surface area contributed by atoms with Gasteiger partial charge in [0.05, 0.1) is 19.1 Å². The SMILES string of the molecule is Cc1cc(COc2cc(C)c(-c3cccc4c3OCC4Nc3ccc4c(c3)OCC4CC(=O)O)c(C)c2)no1. The number of benzene rings is 3. The largest absolute Gasteiger partial charge is 0.493 e. The summed E-state index contributed by atoms with van der Waals surface area (Å²) in [6, 6.07) is 18.1. The molecule has 2 N–H and O–H groups in total. The van der Waals surface area contributed by atoms with Gasteiger partial charge in [0.15, 0.2) is 0 Å². The lowest BCUT2D eigenvalue weighted by Crippen LogP contribution is -2.11. The van der Waals surface area contributed by atoms with Crippen LogP contribution >= 0.6 is 0 Å². The average Bonchev–Trinajstić information content (AvgIpc) is 3.61. The van der Waals surface area contributed by atoms with E-state index in [2.05, 4.69) is 42.5 Å². The second-order valence-corrected chi connectivity index (χ2v) is 10.2. The summed E-state index contributed by atoms with van der Waals surface area (Å²) in [7, 11) is 0. The molecule has 0 saturated carbocycles. The van der Waals surface area contributed by atoms with Crippen molar-refractivity contribution in [3.63, 3.8) is 0 Å². The molecule has 8 heteroatoms. The first-order valence-electron chi connectivity index (χ1n) is 13.0. The van der Waals surface area contributed by atoms with Crippen molar-refractivity contribution < 1.29 is 28.6 Å². The van der Waals surface area contributed by atoms with Crippen LogP contribution in [0.5, 0.6) is 17.2 Å². The van der Waals surface area contributed by atoms with E-state index in [9.17, 15) is 4.79 Å². The maximum atomic E-state index is 11.2. The molecule has 0 saturated heterocycles. The summed E-state index contributed by atoms with van der Waals surface area (Å²) < 4.78 is 23.2. The number of carboxylic acids is 1. The first-order chi connectivity index (χ1) is 18.9. The van der Waals surface area contributed by atoms with Crippen LogP contribution in [0.3, 0.4) is 0 Å². The van der Waals surface area contributed by atoms with Crippen LogP contribution in [0.2, 0.25) is 0 Å². The molecular weight excluding hydrogens is 496 g/mol. The lowest BCUT2D eigenvalue weighted by molar-refractivity contribution is -0.137. The van der Waals surface area contributed by atoms with Crippen molar-refractivity contribution in [1.29, 1.82) is 0 Å². The Kier molecular flexibility index (Phi) is 6.38. The second kappa shape index (κ2) is 10.0. The minimum Gasteiger partial charge on any atom is -0.493 e. The molecule has 6 rings (SSSR count). The van der Waals surface area contributed by atoms with Gasteiger partial charge in [0.1, 0.15) is 41.9 Å². The van der Waals surface area contributed by atoms with E-state index in [1.807, 2.05) is 43.3 Å². The van der Waals surface area contributed by atoms with Crippen molar-refractivity contribution in [1.82, 2.24) is 5.16 Å². The number of aryl methyl sites for hydroxylation is 3. The van der Waals surface area contributed by atoms with Gasteiger partial charge in [0.2, 0.25) is 0 Å². The van der Waals surface area contributed by atoms with Crippen LogP contribution in [0.25, 0.3) is 11.1 Å². The van der Waals surface area contributed by atoms with E-state index >= 15 is 0 Å². The quantitative estimate of drug-likeness (QED) is 0.274. The number of ether oxygens (including phenoxy) is 3. The fraction of sp³-hybridized carbons (Fsp3) is 0.290. The van der Waals surface area contributed by atoms with Gasteiger partial charge < -0.3 is 29.2 Å². The van der Waals surface area contributed by atoms with E-state index in [0.29, 0.717) is 19.8 Å². The Hall–Kier alpha value is -4.46. The number of carbonyl (C=O) groups is 1. The number of anilines is 1. The molecule has 4 aromatic rings. The van der Waals surface area contributed by atoms with E-state index in [1.165, 1.54) is 0 Å². The molecular formula is C31H30N2O6. The average molecular weight is 527 g/mol. The van der Waals surface area contributed by atoms with E-state index in [0.717, 1.165) is 67.8 Å². The molecule has 0 radical (unpaired) electrons. The summed E-state index contributed by atoms with van der Waals surface area (Å²) in [6.07, 6.45) is 0.0691. The fourth-order valence-electron chi connectivity index (χ4n) is 5.59. The zero-order chi connectivity index (χ0) is 27.1. The number of rotatable bonds is 8. The van der Waals surface area contributed by atoms with Gasteiger partial charge in [-0.2, -0.15) is 0 Å². The Morgan fingerprint density at radius 2 is 1.85 bits per heavy atom. The Morgan fingerprint density at radius 3 is 2.59 bits per heavy atom. The summed E-state index contributed by atoms with van der Waals surface area (Å²) in [4.78, 5) is 11.2. The van der Waals surface area contributed by atoms with Gasteiger partial charge in [-0.25, -0.2) is 0 Å². The Bertz CT molecular complexity index is 1540. The molecule has 0 amide bonds. The molecule has 3 aromatic carbocycles. The van der Waals surface area contributed by atoms with Gasteiger partial charge in [-0.15, -0.1) is 0 Å². The van der Waals surface area contributed by atoms with Gasteiger partial charge in [0, 0.05) is 40.4 Å². The Labute approximate surface area is 226 Å². The molecule has 0 fully saturated rings. The van der Waals surface area contributed by atoms with Crippen LogP contribution in [-0.2, 0) is 11.4 Å². The number of aromatic nitrogens is 1. The highest BCUT2D eigenvalue weighted by Crippen LogP contribution is 2.45. The molecule has 2 aliphatic heterocycles. The van der Waals surface area contributed by atoms with E-state index < -0.39 is 5.97 Å². The first-order valence-corrected chi connectivity index (χ1v) is 13.0. The minimum atomic E-state index is -0.816. The third kappa shape index (κ3) is 4.90. The minimum absolute atomic E-state index is 0.0247. The predicted octanol–water partition coefficient (Wildman–Crippen LogP) is 6.34. The zero-order valence-electron chi connectivity index (χ0n) is 22.1. The van der Waals surface area contributed by atoms with Crippen molar-refractivity contribution >= 4 is 11.7 Å². The molecule has 2 aliphatic rings. The van der Waals surface area contributed by atoms with E-state index in [-0.39, 0.29) is 18.4 Å². The molecule has 200 valence electrons. The van der Waals surface area contributed by atoms with Gasteiger partial charge in [-0.3, -0.25) is 4.79 Å². The molecule has 39 heavy (non-hydrogen) atoms. The number of fused-ring (bicyclic) bond motifs is 2. The molecule has 3 heterocycles. The topological polar surface area (TPSA) is 103 Å². The maximum absolute atomic E-state index is 11.2. The number of nitrogens with zero attached hydrogens (tertiary/aromatic N) is 1. The standard InChI is InChI=1S/C31H30N2O6/c1-17-9-23(36-15-22-11-19(3)39-33-22)10-18(2)30(17)26-6-4-5-25-27(16-38-31(25)26)32-21-7-8-24-20(12-29(34)35)14-37-28(24)13-21/h4-11,13,20,27,32H,12,14-16H2,1-3H3,(H,34,35). The van der Waals surface area contributed by atoms with Crippen molar-refractivity contribution in [2.75, 3.05) is 18.5 Å². The molecule has 2 atom stereocenters. The summed E-state index contributed by atoms with van der Waals surface area (Å²) in [6.45, 7) is 7.28. The number of aliphatic carboxylic acids is 1. The van der Waals surface area contributed by atoms with Crippen molar-refractivity contribution in [2.24, 2.45) is 0 Å². The summed E-state index contributed by atoms with van der Waals surface area (Å²) >= 11 is 0. The van der Waals surface area contributed by atoms with Crippen molar-refractivity contribution in [2.45, 2.75) is 45.8 Å². The number of para-hydroxylation sites is 1. The lowest BCUT2D eigenvalue weighted by Gasteiger charge is -2.17. The monoisotopic (exact) mass is 526 g/mol. The van der Waals surface area contributed by atoms with Gasteiger partial charge in [-0.05, 0) is 55.7 Å². The fourth-order valence-corrected chi connectivity index (χ4v) is 5.59. The van der Waals surface area contributed by atoms with Crippen molar-refractivity contribution in [3.05, 3.63) is 88.3 Å². The molecule has 1 aromatic heterocycles. The molecule has 0 bridgehead atoms. The summed E-state index contributed by atoms with van der Waals surface area (Å²) in [5.41, 5.74) is 8.10. The normalized spacial score (nSPS) is 17.2. The van der Waals surface area contributed by atoms with Crippen LogP contribution in [0.15, 0.2) is 59.1 Å². The molecule has 2 unspecified atom stereocenters. The summed E-state index contributed by atoms with van der Waals surface area (Å²) in [5.74, 6) is 2.24. The highest BCUT2D eigenvalue weighted by Gasteiger charge is 2.30. The van der Waals surface area contributed by atoms with Crippen LogP contribution in [0.4, 0.5) is 5.69 Å². The number of hydrogen-bond acceptors (Lipinski definition) is 7. The van der Waals surface area contributed by atoms with E-state index in [1.54, 1.807) is 0 Å². The van der Waals surface area contributed by atoms with Gasteiger partial charge in [-0.1, -0.05) is 29.4 Å². The number of carboxylic acid groups (broad SMARTS) is 1. The van der Waals surface area contributed by atoms with Crippen LogP contribution in [0, 0.1) is 20.8 Å². The summed E-state index contributed by atoms with van der Waals surface area (Å²) in [5, 5.41) is 16.7. The lowest BCUT2D eigenvalue weighted by atomic mass is 9.92. The van der Waals surface area contributed by atoms with Crippen molar-refractivity contribution in [3.8, 4) is 28.4 Å².